The van der Waals surface area contributed by atoms with Crippen molar-refractivity contribution in [3.8, 4) is 17.6 Å². The molecule has 2 rings (SSSR count). The SMILES string of the molecule is NCC#Cc1ccc(OCCC2CCCC2)cc1. The van der Waals surface area contributed by atoms with Crippen LogP contribution >= 0.6 is 0 Å². The van der Waals surface area contributed by atoms with Gasteiger partial charge in [-0.05, 0) is 36.6 Å². The lowest BCUT2D eigenvalue weighted by atomic mass is 10.1. The fourth-order valence-corrected chi connectivity index (χ4v) is 2.43. The highest BCUT2D eigenvalue weighted by Crippen LogP contribution is 2.27. The lowest BCUT2D eigenvalue weighted by Crippen LogP contribution is -2.03. The molecule has 0 radical (unpaired) electrons. The van der Waals surface area contributed by atoms with Gasteiger partial charge in [0.1, 0.15) is 5.75 Å². The molecule has 2 nitrogen and oxygen atoms in total. The average molecular weight is 243 g/mol. The lowest BCUT2D eigenvalue weighted by Gasteiger charge is -2.10. The molecule has 2 heteroatoms. The smallest absolute Gasteiger partial charge is 0.119 e. The van der Waals surface area contributed by atoms with Gasteiger partial charge in [0, 0.05) is 5.56 Å². The molecule has 1 aromatic rings. The molecule has 18 heavy (non-hydrogen) atoms. The van der Waals surface area contributed by atoms with Gasteiger partial charge in [-0.2, -0.15) is 0 Å². The Morgan fingerprint density at radius 1 is 1.17 bits per heavy atom. The third-order valence-corrected chi connectivity index (χ3v) is 3.46. The standard InChI is InChI=1S/C16H21NO/c17-12-3-6-15-7-9-16(10-8-15)18-13-11-14-4-1-2-5-14/h7-10,14H,1-2,4-5,11-13,17H2. The Labute approximate surface area is 110 Å². The Bertz CT molecular complexity index is 407. The van der Waals surface area contributed by atoms with Gasteiger partial charge in [0.25, 0.3) is 0 Å². The third-order valence-electron chi connectivity index (χ3n) is 3.46. The van der Waals surface area contributed by atoms with Crippen LogP contribution < -0.4 is 10.5 Å². The number of benzene rings is 1. The Balaban J connectivity index is 1.75. The molecule has 96 valence electrons. The van der Waals surface area contributed by atoms with Crippen molar-refractivity contribution >= 4 is 0 Å². The molecule has 0 saturated heterocycles. The van der Waals surface area contributed by atoms with Crippen molar-refractivity contribution in [2.24, 2.45) is 11.7 Å². The number of nitrogens with two attached hydrogens (primary N) is 1. The molecular formula is C16H21NO. The van der Waals surface area contributed by atoms with Gasteiger partial charge in [0.2, 0.25) is 0 Å². The maximum absolute atomic E-state index is 5.75. The van der Waals surface area contributed by atoms with E-state index in [9.17, 15) is 0 Å². The first kappa shape index (κ1) is 13.0. The van der Waals surface area contributed by atoms with E-state index in [1.54, 1.807) is 0 Å². The van der Waals surface area contributed by atoms with E-state index < -0.39 is 0 Å². The van der Waals surface area contributed by atoms with Gasteiger partial charge in [0.15, 0.2) is 0 Å². The van der Waals surface area contributed by atoms with Crippen LogP contribution in [0.1, 0.15) is 37.7 Å². The topological polar surface area (TPSA) is 35.2 Å². The van der Waals surface area contributed by atoms with Crippen LogP contribution in [0.2, 0.25) is 0 Å². The van der Waals surface area contributed by atoms with Crippen LogP contribution in [0.5, 0.6) is 5.75 Å². The Morgan fingerprint density at radius 2 is 1.89 bits per heavy atom. The molecule has 0 aromatic heterocycles. The Hall–Kier alpha value is -1.46. The molecule has 0 heterocycles. The van der Waals surface area contributed by atoms with Crippen LogP contribution in [-0.4, -0.2) is 13.2 Å². The summed E-state index contributed by atoms with van der Waals surface area (Å²) >= 11 is 0. The normalized spacial score (nSPS) is 15.2. The molecule has 1 aliphatic carbocycles. The van der Waals surface area contributed by atoms with Crippen LogP contribution in [0.4, 0.5) is 0 Å². The van der Waals surface area contributed by atoms with E-state index in [4.69, 9.17) is 10.5 Å². The number of ether oxygens (including phenoxy) is 1. The van der Waals surface area contributed by atoms with E-state index in [0.29, 0.717) is 6.54 Å². The summed E-state index contributed by atoms with van der Waals surface area (Å²) in [5.74, 6) is 7.67. The Kier molecular flexibility index (Phi) is 5.11. The number of rotatable bonds is 4. The predicted octanol–water partition coefficient (Wildman–Crippen LogP) is 2.96. The third kappa shape index (κ3) is 4.09. The van der Waals surface area contributed by atoms with Crippen molar-refractivity contribution in [3.05, 3.63) is 29.8 Å². The maximum Gasteiger partial charge on any atom is 0.119 e. The highest BCUT2D eigenvalue weighted by molar-refractivity contribution is 5.38. The van der Waals surface area contributed by atoms with Crippen molar-refractivity contribution in [3.63, 3.8) is 0 Å². The van der Waals surface area contributed by atoms with E-state index in [0.717, 1.165) is 23.8 Å². The van der Waals surface area contributed by atoms with Crippen molar-refractivity contribution in [2.75, 3.05) is 13.2 Å². The maximum atomic E-state index is 5.75. The predicted molar refractivity (Wildman–Crippen MR) is 74.4 cm³/mol. The second kappa shape index (κ2) is 7.08. The minimum atomic E-state index is 0.402. The second-order valence-corrected chi connectivity index (χ2v) is 4.82. The van der Waals surface area contributed by atoms with Crippen molar-refractivity contribution < 1.29 is 4.74 Å². The van der Waals surface area contributed by atoms with Gasteiger partial charge >= 0.3 is 0 Å². The highest BCUT2D eigenvalue weighted by Gasteiger charge is 2.14. The first-order valence-corrected chi connectivity index (χ1v) is 6.80. The van der Waals surface area contributed by atoms with Crippen LogP contribution in [0.3, 0.4) is 0 Å². The summed E-state index contributed by atoms with van der Waals surface area (Å²) in [6.07, 6.45) is 6.76. The minimum Gasteiger partial charge on any atom is -0.494 e. The minimum absolute atomic E-state index is 0.402. The highest BCUT2D eigenvalue weighted by atomic mass is 16.5. The van der Waals surface area contributed by atoms with Crippen molar-refractivity contribution in [1.82, 2.24) is 0 Å². The first-order chi connectivity index (χ1) is 8.88. The van der Waals surface area contributed by atoms with Gasteiger partial charge < -0.3 is 10.5 Å². The summed E-state index contributed by atoms with van der Waals surface area (Å²) in [5, 5.41) is 0. The van der Waals surface area contributed by atoms with Gasteiger partial charge in [-0.3, -0.25) is 0 Å². The molecule has 0 amide bonds. The molecule has 1 aliphatic rings. The molecule has 0 bridgehead atoms. The molecule has 1 fully saturated rings. The molecule has 2 N–H and O–H groups in total. The summed E-state index contributed by atoms with van der Waals surface area (Å²) in [6.45, 7) is 1.23. The molecular weight excluding hydrogens is 222 g/mol. The molecule has 0 aliphatic heterocycles. The zero-order chi connectivity index (χ0) is 12.6. The van der Waals surface area contributed by atoms with Gasteiger partial charge in [-0.25, -0.2) is 0 Å². The lowest BCUT2D eigenvalue weighted by molar-refractivity contribution is 0.279. The summed E-state index contributed by atoms with van der Waals surface area (Å²) < 4.78 is 5.75. The first-order valence-electron chi connectivity index (χ1n) is 6.80. The number of hydrogen-bond acceptors (Lipinski definition) is 2. The largest absolute Gasteiger partial charge is 0.494 e. The Morgan fingerprint density at radius 3 is 2.56 bits per heavy atom. The van der Waals surface area contributed by atoms with Crippen LogP contribution in [0.15, 0.2) is 24.3 Å². The monoisotopic (exact) mass is 243 g/mol. The van der Waals surface area contributed by atoms with E-state index in [2.05, 4.69) is 11.8 Å². The quantitative estimate of drug-likeness (QED) is 0.825. The van der Waals surface area contributed by atoms with Crippen molar-refractivity contribution in [1.29, 1.82) is 0 Å². The van der Waals surface area contributed by atoms with E-state index in [1.807, 2.05) is 24.3 Å². The summed E-state index contributed by atoms with van der Waals surface area (Å²) in [4.78, 5) is 0. The van der Waals surface area contributed by atoms with E-state index >= 15 is 0 Å². The summed E-state index contributed by atoms with van der Waals surface area (Å²) in [7, 11) is 0. The summed E-state index contributed by atoms with van der Waals surface area (Å²) in [6, 6.07) is 7.92. The molecule has 0 unspecified atom stereocenters. The molecule has 1 saturated carbocycles. The zero-order valence-electron chi connectivity index (χ0n) is 10.8. The second-order valence-electron chi connectivity index (χ2n) is 4.82. The van der Waals surface area contributed by atoms with Gasteiger partial charge in [-0.15, -0.1) is 0 Å². The van der Waals surface area contributed by atoms with E-state index in [1.165, 1.54) is 32.1 Å². The van der Waals surface area contributed by atoms with Crippen LogP contribution in [-0.2, 0) is 0 Å². The molecule has 0 spiro atoms. The van der Waals surface area contributed by atoms with Crippen LogP contribution in [0, 0.1) is 17.8 Å². The van der Waals surface area contributed by atoms with Crippen LogP contribution in [0.25, 0.3) is 0 Å². The average Bonchev–Trinajstić information content (AvgIpc) is 2.91. The fourth-order valence-electron chi connectivity index (χ4n) is 2.43. The molecule has 1 aromatic carbocycles. The van der Waals surface area contributed by atoms with Crippen molar-refractivity contribution in [2.45, 2.75) is 32.1 Å². The van der Waals surface area contributed by atoms with Gasteiger partial charge in [-0.1, -0.05) is 37.5 Å². The molecule has 0 atom stereocenters. The van der Waals surface area contributed by atoms with E-state index in [-0.39, 0.29) is 0 Å². The summed E-state index contributed by atoms with van der Waals surface area (Å²) in [5.41, 5.74) is 6.32. The van der Waals surface area contributed by atoms with Gasteiger partial charge in [0.05, 0.1) is 13.2 Å². The fraction of sp³-hybridized carbons (Fsp3) is 0.500. The number of hydrogen-bond donors (Lipinski definition) is 1. The zero-order valence-corrected chi connectivity index (χ0v) is 10.8.